The molecule has 1 aromatic carbocycles. The van der Waals surface area contributed by atoms with Crippen LogP contribution in [0, 0.1) is 0 Å². The van der Waals surface area contributed by atoms with Gasteiger partial charge >= 0.3 is 0 Å². The molecule has 0 unspecified atom stereocenters. The second-order valence-electron chi connectivity index (χ2n) is 6.00. The average Bonchev–Trinajstić information content (AvgIpc) is 3.13. The van der Waals surface area contributed by atoms with E-state index in [4.69, 9.17) is 0 Å². The molecule has 0 aliphatic rings. The molecule has 0 fully saturated rings. The van der Waals surface area contributed by atoms with Crippen LogP contribution in [-0.4, -0.2) is 55.6 Å². The first-order valence-corrected chi connectivity index (χ1v) is 8.46. The van der Waals surface area contributed by atoms with Crippen LogP contribution in [0.2, 0.25) is 0 Å². The molecule has 6 nitrogen and oxygen atoms in total. The Balaban J connectivity index is 1.76. The zero-order chi connectivity index (χ0) is 18.1. The van der Waals surface area contributed by atoms with Gasteiger partial charge in [0.15, 0.2) is 5.96 Å². The quantitative estimate of drug-likeness (QED) is 0.594. The summed E-state index contributed by atoms with van der Waals surface area (Å²) in [5.41, 5.74) is 1.85. The second-order valence-corrected chi connectivity index (χ2v) is 6.00. The molecule has 2 aromatic rings. The highest BCUT2D eigenvalue weighted by atomic mass is 16.2. The van der Waals surface area contributed by atoms with Crippen LogP contribution in [0.15, 0.2) is 53.8 Å². The zero-order valence-corrected chi connectivity index (χ0v) is 15.2. The minimum atomic E-state index is 0.0253. The first-order valence-electron chi connectivity index (χ1n) is 8.46. The molecule has 0 aliphatic carbocycles. The van der Waals surface area contributed by atoms with E-state index in [9.17, 15) is 4.79 Å². The molecular formula is C19H27N5O. The lowest BCUT2D eigenvalue weighted by Gasteiger charge is -2.13. The summed E-state index contributed by atoms with van der Waals surface area (Å²) in [6.45, 7) is 2.45. The Labute approximate surface area is 149 Å². The normalized spacial score (nSPS) is 11.2. The predicted octanol–water partition coefficient (Wildman–Crippen LogP) is 1.60. The van der Waals surface area contributed by atoms with Gasteiger partial charge < -0.3 is 20.1 Å². The second kappa shape index (κ2) is 9.52. The number of hydrogen-bond donors (Lipinski definition) is 2. The molecule has 0 spiro atoms. The van der Waals surface area contributed by atoms with Gasteiger partial charge in [-0.3, -0.25) is 9.79 Å². The highest BCUT2D eigenvalue weighted by molar-refractivity contribution is 5.94. The molecule has 1 amide bonds. The summed E-state index contributed by atoms with van der Waals surface area (Å²) >= 11 is 0. The summed E-state index contributed by atoms with van der Waals surface area (Å²) in [7, 11) is 5.29. The molecule has 0 bridgehead atoms. The third kappa shape index (κ3) is 5.99. The number of hydrogen-bond acceptors (Lipinski definition) is 2. The Morgan fingerprint density at radius 3 is 2.52 bits per heavy atom. The fourth-order valence-corrected chi connectivity index (χ4v) is 2.49. The monoisotopic (exact) mass is 341 g/mol. The number of carbonyl (C=O) groups is 1. The lowest BCUT2D eigenvalue weighted by Crippen LogP contribution is -2.39. The van der Waals surface area contributed by atoms with Crippen molar-refractivity contribution in [2.24, 2.45) is 4.99 Å². The molecule has 2 N–H and O–H groups in total. The number of nitrogens with zero attached hydrogens (tertiary/aromatic N) is 3. The van der Waals surface area contributed by atoms with Crippen molar-refractivity contribution in [1.82, 2.24) is 20.1 Å². The molecule has 0 saturated carbocycles. The molecule has 0 radical (unpaired) electrons. The molecule has 1 heterocycles. The van der Waals surface area contributed by atoms with Crippen molar-refractivity contribution in [3.05, 3.63) is 59.9 Å². The van der Waals surface area contributed by atoms with Gasteiger partial charge in [0, 0.05) is 58.7 Å². The first kappa shape index (κ1) is 18.6. The summed E-state index contributed by atoms with van der Waals surface area (Å²) in [5.74, 6) is 0.810. The average molecular weight is 341 g/mol. The maximum atomic E-state index is 12.0. The van der Waals surface area contributed by atoms with Crippen molar-refractivity contribution in [3.8, 4) is 0 Å². The Hall–Kier alpha value is -2.76. The lowest BCUT2D eigenvalue weighted by atomic mass is 10.1. The number of aliphatic imine (C=N–C) groups is 1. The number of rotatable bonds is 7. The Morgan fingerprint density at radius 1 is 1.12 bits per heavy atom. The molecule has 0 atom stereocenters. The number of carbonyl (C=O) groups excluding carboxylic acids is 1. The molecule has 6 heteroatoms. The van der Waals surface area contributed by atoms with E-state index in [-0.39, 0.29) is 5.91 Å². The van der Waals surface area contributed by atoms with Gasteiger partial charge in [0.2, 0.25) is 0 Å². The van der Waals surface area contributed by atoms with Gasteiger partial charge in [-0.25, -0.2) is 0 Å². The standard InChI is InChI=1S/C19H27N5O/c1-20-19(22-11-14-24-12-4-5-13-24)21-10-9-16-7-6-8-17(15-16)18(25)23(2)3/h4-8,12-13,15H,9-11,14H2,1-3H3,(H2,20,21,22). The van der Waals surface area contributed by atoms with E-state index >= 15 is 0 Å². The van der Waals surface area contributed by atoms with E-state index in [0.717, 1.165) is 43.1 Å². The lowest BCUT2D eigenvalue weighted by molar-refractivity contribution is 0.0827. The predicted molar refractivity (Wildman–Crippen MR) is 102 cm³/mol. The van der Waals surface area contributed by atoms with E-state index < -0.39 is 0 Å². The molecular weight excluding hydrogens is 314 g/mol. The van der Waals surface area contributed by atoms with Crippen LogP contribution in [0.25, 0.3) is 0 Å². The van der Waals surface area contributed by atoms with Crippen LogP contribution in [0.3, 0.4) is 0 Å². The van der Waals surface area contributed by atoms with E-state index in [2.05, 4.69) is 20.2 Å². The highest BCUT2D eigenvalue weighted by Gasteiger charge is 2.08. The van der Waals surface area contributed by atoms with Crippen LogP contribution in [0.4, 0.5) is 0 Å². The van der Waals surface area contributed by atoms with Crippen LogP contribution in [0.5, 0.6) is 0 Å². The number of aromatic nitrogens is 1. The topological polar surface area (TPSA) is 61.7 Å². The van der Waals surface area contributed by atoms with Gasteiger partial charge in [-0.2, -0.15) is 0 Å². The number of benzene rings is 1. The smallest absolute Gasteiger partial charge is 0.253 e. The summed E-state index contributed by atoms with van der Waals surface area (Å²) in [5, 5.41) is 6.60. The minimum absolute atomic E-state index is 0.0253. The third-order valence-electron chi connectivity index (χ3n) is 3.84. The maximum Gasteiger partial charge on any atom is 0.253 e. The molecule has 25 heavy (non-hydrogen) atoms. The molecule has 0 aliphatic heterocycles. The van der Waals surface area contributed by atoms with Crippen LogP contribution in [0.1, 0.15) is 15.9 Å². The largest absolute Gasteiger partial charge is 0.356 e. The van der Waals surface area contributed by atoms with Crippen molar-refractivity contribution < 1.29 is 4.79 Å². The van der Waals surface area contributed by atoms with E-state index in [1.165, 1.54) is 0 Å². The zero-order valence-electron chi connectivity index (χ0n) is 15.2. The number of amides is 1. The van der Waals surface area contributed by atoms with Crippen molar-refractivity contribution in [2.75, 3.05) is 34.2 Å². The van der Waals surface area contributed by atoms with Gasteiger partial charge in [0.1, 0.15) is 0 Å². The Kier molecular flexibility index (Phi) is 7.07. The fraction of sp³-hybridized carbons (Fsp3) is 0.368. The first-order chi connectivity index (χ1) is 12.1. The van der Waals surface area contributed by atoms with Crippen LogP contribution < -0.4 is 10.6 Å². The summed E-state index contributed by atoms with van der Waals surface area (Å²) in [4.78, 5) is 17.8. The van der Waals surface area contributed by atoms with E-state index in [1.807, 2.05) is 48.8 Å². The van der Waals surface area contributed by atoms with Crippen LogP contribution >= 0.6 is 0 Å². The van der Waals surface area contributed by atoms with Crippen LogP contribution in [-0.2, 0) is 13.0 Å². The van der Waals surface area contributed by atoms with E-state index in [0.29, 0.717) is 0 Å². The van der Waals surface area contributed by atoms with Gasteiger partial charge in [0.05, 0.1) is 0 Å². The maximum absolute atomic E-state index is 12.0. The minimum Gasteiger partial charge on any atom is -0.356 e. The van der Waals surface area contributed by atoms with Crippen molar-refractivity contribution in [3.63, 3.8) is 0 Å². The summed E-state index contributed by atoms with van der Waals surface area (Å²) in [6.07, 6.45) is 4.91. The molecule has 0 saturated heterocycles. The van der Waals surface area contributed by atoms with Crippen molar-refractivity contribution in [2.45, 2.75) is 13.0 Å². The Bertz CT molecular complexity index is 692. The van der Waals surface area contributed by atoms with Gasteiger partial charge in [-0.05, 0) is 36.2 Å². The van der Waals surface area contributed by atoms with Gasteiger partial charge in [0.25, 0.3) is 5.91 Å². The SMILES string of the molecule is CN=C(NCCc1cccc(C(=O)N(C)C)c1)NCCn1cccc1. The van der Waals surface area contributed by atoms with Gasteiger partial charge in [-0.1, -0.05) is 12.1 Å². The number of nitrogens with one attached hydrogen (secondary N) is 2. The van der Waals surface area contributed by atoms with Gasteiger partial charge in [-0.15, -0.1) is 0 Å². The highest BCUT2D eigenvalue weighted by Crippen LogP contribution is 2.07. The summed E-state index contributed by atoms with van der Waals surface area (Å²) in [6, 6.07) is 11.8. The third-order valence-corrected chi connectivity index (χ3v) is 3.84. The molecule has 1 aromatic heterocycles. The molecule has 134 valence electrons. The van der Waals surface area contributed by atoms with E-state index in [1.54, 1.807) is 26.0 Å². The Morgan fingerprint density at radius 2 is 1.84 bits per heavy atom. The summed E-state index contributed by atoms with van der Waals surface area (Å²) < 4.78 is 2.12. The molecule has 2 rings (SSSR count). The van der Waals surface area contributed by atoms with Crippen molar-refractivity contribution >= 4 is 11.9 Å². The van der Waals surface area contributed by atoms with Crippen molar-refractivity contribution in [1.29, 1.82) is 0 Å². The number of guanidine groups is 1. The fourth-order valence-electron chi connectivity index (χ4n) is 2.49.